The van der Waals surface area contributed by atoms with Crippen LogP contribution in [0, 0.1) is 0 Å². The van der Waals surface area contributed by atoms with E-state index in [1.54, 1.807) is 6.20 Å². The van der Waals surface area contributed by atoms with Crippen molar-refractivity contribution in [1.82, 2.24) is 15.3 Å². The SMILES string of the molecule is CC(=O)NCC1(F)CCN(c2cnc3ccccc3n2)CC1. The summed E-state index contributed by atoms with van der Waals surface area (Å²) in [5.74, 6) is 0.583. The molecule has 116 valence electrons. The fourth-order valence-electron chi connectivity index (χ4n) is 2.70. The molecule has 0 radical (unpaired) electrons. The standard InChI is InChI=1S/C16H19FN4O/c1-12(22)19-11-16(17)6-8-21(9-7-16)15-10-18-13-4-2-3-5-14(13)20-15/h2-5,10H,6-9,11H2,1H3,(H,19,22). The molecule has 0 bridgehead atoms. The quantitative estimate of drug-likeness (QED) is 0.943. The minimum Gasteiger partial charge on any atom is -0.355 e. The van der Waals surface area contributed by atoms with Gasteiger partial charge in [0, 0.05) is 32.9 Å². The number of halogens is 1. The average molecular weight is 302 g/mol. The Morgan fingerprint density at radius 2 is 2.00 bits per heavy atom. The molecule has 22 heavy (non-hydrogen) atoms. The minimum atomic E-state index is -1.33. The topological polar surface area (TPSA) is 58.1 Å². The number of anilines is 1. The van der Waals surface area contributed by atoms with Crippen molar-refractivity contribution in [2.75, 3.05) is 24.5 Å². The van der Waals surface area contributed by atoms with Gasteiger partial charge in [0.25, 0.3) is 0 Å². The Balaban J connectivity index is 1.68. The summed E-state index contributed by atoms with van der Waals surface area (Å²) in [6.07, 6.45) is 2.49. The number of rotatable bonds is 3. The highest BCUT2D eigenvalue weighted by Crippen LogP contribution is 2.28. The maximum Gasteiger partial charge on any atom is 0.216 e. The average Bonchev–Trinajstić information content (AvgIpc) is 2.53. The predicted molar refractivity (Wildman–Crippen MR) is 83.5 cm³/mol. The number of nitrogens with zero attached hydrogens (tertiary/aromatic N) is 3. The van der Waals surface area contributed by atoms with Crippen LogP contribution in [-0.4, -0.2) is 41.2 Å². The first-order chi connectivity index (χ1) is 10.6. The van der Waals surface area contributed by atoms with Gasteiger partial charge >= 0.3 is 0 Å². The van der Waals surface area contributed by atoms with E-state index < -0.39 is 5.67 Å². The van der Waals surface area contributed by atoms with Crippen molar-refractivity contribution >= 4 is 22.8 Å². The van der Waals surface area contributed by atoms with Gasteiger partial charge in [-0.25, -0.2) is 9.37 Å². The second-order valence-electron chi connectivity index (χ2n) is 5.76. The molecule has 0 saturated carbocycles. The summed E-state index contributed by atoms with van der Waals surface area (Å²) in [4.78, 5) is 22.0. The Labute approximate surface area is 128 Å². The fourth-order valence-corrected chi connectivity index (χ4v) is 2.70. The van der Waals surface area contributed by atoms with Crippen molar-refractivity contribution < 1.29 is 9.18 Å². The van der Waals surface area contributed by atoms with Crippen LogP contribution in [0.4, 0.5) is 10.2 Å². The summed E-state index contributed by atoms with van der Waals surface area (Å²) in [6, 6.07) is 7.70. The lowest BCUT2D eigenvalue weighted by atomic mass is 9.93. The monoisotopic (exact) mass is 302 g/mol. The number of carbonyl (C=O) groups is 1. The van der Waals surface area contributed by atoms with Gasteiger partial charge in [0.05, 0.1) is 23.8 Å². The van der Waals surface area contributed by atoms with Gasteiger partial charge in [0.15, 0.2) is 0 Å². The lowest BCUT2D eigenvalue weighted by Crippen LogP contribution is -2.48. The second-order valence-corrected chi connectivity index (χ2v) is 5.76. The van der Waals surface area contributed by atoms with Gasteiger partial charge in [0.1, 0.15) is 11.5 Å². The highest BCUT2D eigenvalue weighted by atomic mass is 19.1. The van der Waals surface area contributed by atoms with Gasteiger partial charge in [-0.05, 0) is 12.1 Å². The second kappa shape index (κ2) is 5.87. The van der Waals surface area contributed by atoms with Gasteiger partial charge in [-0.2, -0.15) is 0 Å². The van der Waals surface area contributed by atoms with Crippen LogP contribution in [0.25, 0.3) is 11.0 Å². The highest BCUT2D eigenvalue weighted by Gasteiger charge is 2.35. The third-order valence-corrected chi connectivity index (χ3v) is 4.07. The van der Waals surface area contributed by atoms with E-state index in [0.29, 0.717) is 25.9 Å². The Morgan fingerprint density at radius 1 is 1.32 bits per heavy atom. The Morgan fingerprint density at radius 3 is 2.68 bits per heavy atom. The van der Waals surface area contributed by atoms with Crippen LogP contribution >= 0.6 is 0 Å². The predicted octanol–water partition coefficient (Wildman–Crippen LogP) is 2.07. The molecular formula is C16H19FN4O. The molecular weight excluding hydrogens is 283 g/mol. The van der Waals surface area contributed by atoms with E-state index in [9.17, 15) is 9.18 Å². The van der Waals surface area contributed by atoms with E-state index in [1.165, 1.54) is 6.92 Å². The molecule has 1 N–H and O–H groups in total. The van der Waals surface area contributed by atoms with Gasteiger partial charge in [-0.1, -0.05) is 12.1 Å². The van der Waals surface area contributed by atoms with Gasteiger partial charge < -0.3 is 10.2 Å². The number of hydrogen-bond acceptors (Lipinski definition) is 4. The van der Waals surface area contributed by atoms with E-state index in [0.717, 1.165) is 16.9 Å². The molecule has 0 unspecified atom stereocenters. The van der Waals surface area contributed by atoms with Crippen molar-refractivity contribution in [3.63, 3.8) is 0 Å². The Hall–Kier alpha value is -2.24. The lowest BCUT2D eigenvalue weighted by Gasteiger charge is -2.36. The molecule has 6 heteroatoms. The molecule has 0 atom stereocenters. The van der Waals surface area contributed by atoms with Gasteiger partial charge in [-0.15, -0.1) is 0 Å². The van der Waals surface area contributed by atoms with Crippen LogP contribution in [0.5, 0.6) is 0 Å². The molecule has 1 saturated heterocycles. The van der Waals surface area contributed by atoms with E-state index in [-0.39, 0.29) is 12.5 Å². The van der Waals surface area contributed by atoms with E-state index in [1.807, 2.05) is 29.2 Å². The Kier molecular flexibility index (Phi) is 3.92. The number of amides is 1. The van der Waals surface area contributed by atoms with Crippen LogP contribution in [-0.2, 0) is 4.79 Å². The molecule has 3 rings (SSSR count). The zero-order valence-electron chi connectivity index (χ0n) is 12.6. The van der Waals surface area contributed by atoms with Crippen LogP contribution in [0.3, 0.4) is 0 Å². The number of aromatic nitrogens is 2. The molecule has 1 aromatic heterocycles. The third kappa shape index (κ3) is 3.16. The molecule has 2 aromatic rings. The number of hydrogen-bond donors (Lipinski definition) is 1. The molecule has 1 fully saturated rings. The van der Waals surface area contributed by atoms with E-state index in [4.69, 9.17) is 0 Å². The van der Waals surface area contributed by atoms with Gasteiger partial charge in [-0.3, -0.25) is 9.78 Å². The minimum absolute atomic E-state index is 0.0829. The summed E-state index contributed by atoms with van der Waals surface area (Å²) >= 11 is 0. The van der Waals surface area contributed by atoms with Crippen molar-refractivity contribution in [2.24, 2.45) is 0 Å². The molecule has 1 amide bonds. The van der Waals surface area contributed by atoms with Crippen LogP contribution in [0.15, 0.2) is 30.5 Å². The summed E-state index contributed by atoms with van der Waals surface area (Å²) in [5.41, 5.74) is 0.371. The third-order valence-electron chi connectivity index (χ3n) is 4.07. The molecule has 2 heterocycles. The molecule has 0 aliphatic carbocycles. The number of carbonyl (C=O) groups excluding carboxylic acids is 1. The first-order valence-corrected chi connectivity index (χ1v) is 7.46. The largest absolute Gasteiger partial charge is 0.355 e. The number of para-hydroxylation sites is 2. The van der Waals surface area contributed by atoms with Crippen LogP contribution < -0.4 is 10.2 Å². The summed E-state index contributed by atoms with van der Waals surface area (Å²) in [5, 5.41) is 2.57. The van der Waals surface area contributed by atoms with E-state index in [2.05, 4.69) is 15.3 Å². The van der Waals surface area contributed by atoms with E-state index >= 15 is 0 Å². The smallest absolute Gasteiger partial charge is 0.216 e. The molecule has 1 aliphatic rings. The maximum absolute atomic E-state index is 14.6. The van der Waals surface area contributed by atoms with Crippen molar-refractivity contribution in [3.8, 4) is 0 Å². The maximum atomic E-state index is 14.6. The molecule has 5 nitrogen and oxygen atoms in total. The number of alkyl halides is 1. The lowest BCUT2D eigenvalue weighted by molar-refractivity contribution is -0.119. The van der Waals surface area contributed by atoms with Crippen molar-refractivity contribution in [3.05, 3.63) is 30.5 Å². The van der Waals surface area contributed by atoms with Gasteiger partial charge in [0.2, 0.25) is 5.91 Å². The van der Waals surface area contributed by atoms with Crippen LogP contribution in [0.2, 0.25) is 0 Å². The molecule has 0 spiro atoms. The van der Waals surface area contributed by atoms with Crippen molar-refractivity contribution in [2.45, 2.75) is 25.4 Å². The number of piperidine rings is 1. The van der Waals surface area contributed by atoms with Crippen LogP contribution in [0.1, 0.15) is 19.8 Å². The Bertz CT molecular complexity index is 683. The summed E-state index contributed by atoms with van der Waals surface area (Å²) in [7, 11) is 0. The zero-order chi connectivity index (χ0) is 15.6. The molecule has 1 aliphatic heterocycles. The number of benzene rings is 1. The zero-order valence-corrected chi connectivity index (χ0v) is 12.6. The first kappa shape index (κ1) is 14.7. The van der Waals surface area contributed by atoms with Crippen molar-refractivity contribution in [1.29, 1.82) is 0 Å². The fraction of sp³-hybridized carbons (Fsp3) is 0.438. The number of nitrogens with one attached hydrogen (secondary N) is 1. The highest BCUT2D eigenvalue weighted by molar-refractivity contribution is 5.75. The normalized spacial score (nSPS) is 17.5. The summed E-state index contributed by atoms with van der Waals surface area (Å²) in [6.45, 7) is 2.63. The number of fused-ring (bicyclic) bond motifs is 1. The molecule has 1 aromatic carbocycles. The summed E-state index contributed by atoms with van der Waals surface area (Å²) < 4.78 is 14.6. The first-order valence-electron chi connectivity index (χ1n) is 7.46.